The first-order chi connectivity index (χ1) is 6.78. The van der Waals surface area contributed by atoms with Gasteiger partial charge in [-0.3, -0.25) is 0 Å². The van der Waals surface area contributed by atoms with Gasteiger partial charge in [-0.2, -0.15) is 0 Å². The number of hydrogen-bond donors (Lipinski definition) is 1. The van der Waals surface area contributed by atoms with E-state index in [4.69, 9.17) is 0 Å². The van der Waals surface area contributed by atoms with E-state index >= 15 is 0 Å². The normalized spacial score (nSPS) is 19.9. The second kappa shape index (κ2) is 3.70. The minimum absolute atomic E-state index is 0.0799. The molecule has 0 bridgehead atoms. The van der Waals surface area contributed by atoms with Crippen molar-refractivity contribution in [2.45, 2.75) is 31.2 Å². The Morgan fingerprint density at radius 2 is 1.86 bits per heavy atom. The minimum Gasteiger partial charge on any atom is -0.310 e. The summed E-state index contributed by atoms with van der Waals surface area (Å²) in [7, 11) is 1.93. The van der Waals surface area contributed by atoms with Gasteiger partial charge in [0.2, 0.25) is 0 Å². The molecule has 0 radical (unpaired) electrons. The third kappa shape index (κ3) is 1.44. The summed E-state index contributed by atoms with van der Waals surface area (Å²) in [5.41, 5.74) is 0.728. The molecule has 1 N–H and O–H groups in total. The first-order valence-corrected chi connectivity index (χ1v) is 5.22. The van der Waals surface area contributed by atoms with Gasteiger partial charge in [0.25, 0.3) is 0 Å². The minimum atomic E-state index is -0.106. The molecule has 76 valence electrons. The van der Waals surface area contributed by atoms with Crippen LogP contribution in [0.15, 0.2) is 24.3 Å². The molecule has 0 unspecified atom stereocenters. The Balaban J connectivity index is 2.41. The molecule has 1 aromatic carbocycles. The highest BCUT2D eigenvalue weighted by molar-refractivity contribution is 5.27. The lowest BCUT2D eigenvalue weighted by molar-refractivity contribution is 0.356. The van der Waals surface area contributed by atoms with Crippen LogP contribution in [0.5, 0.6) is 0 Å². The molecule has 0 saturated heterocycles. The SMILES string of the molecule is CNC1(c2ccccc2F)CCCC1. The Morgan fingerprint density at radius 1 is 1.21 bits per heavy atom. The highest BCUT2D eigenvalue weighted by Gasteiger charge is 2.35. The Bertz CT molecular complexity index is 316. The van der Waals surface area contributed by atoms with Gasteiger partial charge in [0.05, 0.1) is 0 Å². The maximum absolute atomic E-state index is 13.6. The predicted octanol–water partition coefficient (Wildman–Crippen LogP) is 2.81. The molecule has 0 heterocycles. The third-order valence-electron chi connectivity index (χ3n) is 3.33. The van der Waals surface area contributed by atoms with Gasteiger partial charge >= 0.3 is 0 Å². The van der Waals surface area contributed by atoms with Crippen molar-refractivity contribution < 1.29 is 4.39 Å². The fourth-order valence-corrected chi connectivity index (χ4v) is 2.48. The van der Waals surface area contributed by atoms with Crippen molar-refractivity contribution in [1.82, 2.24) is 5.32 Å². The van der Waals surface area contributed by atoms with Crippen LogP contribution in [0.2, 0.25) is 0 Å². The summed E-state index contributed by atoms with van der Waals surface area (Å²) in [6, 6.07) is 7.11. The standard InChI is InChI=1S/C12H16FN/c1-14-12(8-4-5-9-12)10-6-2-3-7-11(10)13/h2-3,6-7,14H,4-5,8-9H2,1H3. The van der Waals surface area contributed by atoms with Crippen LogP contribution in [0.4, 0.5) is 4.39 Å². The molecule has 0 spiro atoms. The second-order valence-corrected chi connectivity index (χ2v) is 4.02. The van der Waals surface area contributed by atoms with Crippen LogP contribution < -0.4 is 5.32 Å². The highest BCUT2D eigenvalue weighted by atomic mass is 19.1. The summed E-state index contributed by atoms with van der Waals surface area (Å²) in [4.78, 5) is 0. The number of halogens is 1. The molecule has 1 aliphatic rings. The monoisotopic (exact) mass is 193 g/mol. The summed E-state index contributed by atoms with van der Waals surface area (Å²) >= 11 is 0. The molecule has 0 amide bonds. The van der Waals surface area contributed by atoms with E-state index in [9.17, 15) is 4.39 Å². The topological polar surface area (TPSA) is 12.0 Å². The van der Waals surface area contributed by atoms with Crippen molar-refractivity contribution in [1.29, 1.82) is 0 Å². The van der Waals surface area contributed by atoms with E-state index < -0.39 is 0 Å². The smallest absolute Gasteiger partial charge is 0.128 e. The summed E-state index contributed by atoms with van der Waals surface area (Å²) in [6.07, 6.45) is 4.47. The Kier molecular flexibility index (Phi) is 2.55. The zero-order valence-electron chi connectivity index (χ0n) is 8.52. The first kappa shape index (κ1) is 9.66. The van der Waals surface area contributed by atoms with Gasteiger partial charge in [-0.15, -0.1) is 0 Å². The van der Waals surface area contributed by atoms with Crippen LogP contribution >= 0.6 is 0 Å². The van der Waals surface area contributed by atoms with Crippen molar-refractivity contribution in [3.05, 3.63) is 35.6 Å². The molecule has 14 heavy (non-hydrogen) atoms. The van der Waals surface area contributed by atoms with Crippen LogP contribution in [0, 0.1) is 5.82 Å². The summed E-state index contributed by atoms with van der Waals surface area (Å²) in [5.74, 6) is -0.0799. The van der Waals surface area contributed by atoms with E-state index in [0.29, 0.717) is 0 Å². The third-order valence-corrected chi connectivity index (χ3v) is 3.33. The largest absolute Gasteiger partial charge is 0.310 e. The molecule has 2 heteroatoms. The van der Waals surface area contributed by atoms with Crippen LogP contribution in [0.25, 0.3) is 0 Å². The Hall–Kier alpha value is -0.890. The Labute approximate surface area is 84.3 Å². The average Bonchev–Trinajstić information content (AvgIpc) is 2.68. The summed E-state index contributed by atoms with van der Waals surface area (Å²) in [6.45, 7) is 0. The molecule has 1 aliphatic carbocycles. The fourth-order valence-electron chi connectivity index (χ4n) is 2.48. The van der Waals surface area contributed by atoms with Crippen molar-refractivity contribution in [2.24, 2.45) is 0 Å². The molecule has 1 nitrogen and oxygen atoms in total. The van der Waals surface area contributed by atoms with Crippen molar-refractivity contribution in [2.75, 3.05) is 7.05 Å². The quantitative estimate of drug-likeness (QED) is 0.761. The lowest BCUT2D eigenvalue weighted by Gasteiger charge is -2.29. The van der Waals surface area contributed by atoms with E-state index in [2.05, 4.69) is 5.32 Å². The maximum Gasteiger partial charge on any atom is 0.128 e. The van der Waals surface area contributed by atoms with Crippen LogP contribution in [-0.4, -0.2) is 7.05 Å². The van der Waals surface area contributed by atoms with E-state index in [1.54, 1.807) is 12.1 Å². The van der Waals surface area contributed by atoms with Crippen molar-refractivity contribution >= 4 is 0 Å². The van der Waals surface area contributed by atoms with Gasteiger partial charge in [-0.05, 0) is 26.0 Å². The lowest BCUT2D eigenvalue weighted by Crippen LogP contribution is -2.37. The van der Waals surface area contributed by atoms with Gasteiger partial charge in [-0.25, -0.2) is 4.39 Å². The van der Waals surface area contributed by atoms with E-state index in [0.717, 1.165) is 18.4 Å². The summed E-state index contributed by atoms with van der Waals surface area (Å²) in [5, 5.41) is 3.29. The maximum atomic E-state index is 13.6. The summed E-state index contributed by atoms with van der Waals surface area (Å²) < 4.78 is 13.6. The number of nitrogens with one attached hydrogen (secondary N) is 1. The van der Waals surface area contributed by atoms with Gasteiger partial charge in [0, 0.05) is 11.1 Å². The molecule has 1 fully saturated rings. The number of benzene rings is 1. The molecular weight excluding hydrogens is 177 g/mol. The molecule has 0 aliphatic heterocycles. The lowest BCUT2D eigenvalue weighted by atomic mass is 9.88. The molecule has 1 aromatic rings. The fraction of sp³-hybridized carbons (Fsp3) is 0.500. The van der Waals surface area contributed by atoms with Gasteiger partial charge in [0.15, 0.2) is 0 Å². The molecule has 0 atom stereocenters. The highest BCUT2D eigenvalue weighted by Crippen LogP contribution is 2.39. The van der Waals surface area contributed by atoms with Gasteiger partial charge in [-0.1, -0.05) is 31.0 Å². The number of hydrogen-bond acceptors (Lipinski definition) is 1. The van der Waals surface area contributed by atoms with Crippen molar-refractivity contribution in [3.8, 4) is 0 Å². The average molecular weight is 193 g/mol. The van der Waals surface area contributed by atoms with Crippen LogP contribution in [0.1, 0.15) is 31.2 Å². The zero-order valence-corrected chi connectivity index (χ0v) is 8.52. The van der Waals surface area contributed by atoms with Gasteiger partial charge in [0.1, 0.15) is 5.82 Å². The van der Waals surface area contributed by atoms with E-state index in [1.807, 2.05) is 19.2 Å². The van der Waals surface area contributed by atoms with Crippen LogP contribution in [-0.2, 0) is 5.54 Å². The van der Waals surface area contributed by atoms with E-state index in [-0.39, 0.29) is 11.4 Å². The molecular formula is C12H16FN. The predicted molar refractivity (Wildman–Crippen MR) is 55.6 cm³/mol. The molecule has 1 saturated carbocycles. The first-order valence-electron chi connectivity index (χ1n) is 5.22. The van der Waals surface area contributed by atoms with Crippen LogP contribution in [0.3, 0.4) is 0 Å². The van der Waals surface area contributed by atoms with E-state index in [1.165, 1.54) is 12.8 Å². The second-order valence-electron chi connectivity index (χ2n) is 4.02. The van der Waals surface area contributed by atoms with Crippen molar-refractivity contribution in [3.63, 3.8) is 0 Å². The molecule has 2 rings (SSSR count). The number of rotatable bonds is 2. The molecule has 0 aromatic heterocycles. The zero-order chi connectivity index (χ0) is 10.0. The van der Waals surface area contributed by atoms with Gasteiger partial charge < -0.3 is 5.32 Å². The Morgan fingerprint density at radius 3 is 2.43 bits per heavy atom.